The average Bonchev–Trinajstić information content (AvgIpc) is 2.85. The van der Waals surface area contributed by atoms with Crippen LogP contribution in [0.4, 0.5) is 4.39 Å². The van der Waals surface area contributed by atoms with E-state index in [2.05, 4.69) is 22.2 Å². The molecular weight excluding hydrogens is 237 g/mol. The molecule has 0 aliphatic rings. The zero-order valence-electron chi connectivity index (χ0n) is 9.56. The molecule has 1 N–H and O–H groups in total. The molecule has 0 spiro atoms. The van der Waals surface area contributed by atoms with E-state index in [0.29, 0.717) is 5.56 Å². The Balaban J connectivity index is 2.30. The van der Waals surface area contributed by atoms with Gasteiger partial charge in [-0.25, -0.2) is 4.39 Å². The van der Waals surface area contributed by atoms with E-state index in [0.717, 1.165) is 17.8 Å². The lowest BCUT2D eigenvalue weighted by molar-refractivity contribution is 0.547. The van der Waals surface area contributed by atoms with Gasteiger partial charge in [0.05, 0.1) is 17.7 Å². The van der Waals surface area contributed by atoms with Crippen molar-refractivity contribution in [1.29, 1.82) is 0 Å². The summed E-state index contributed by atoms with van der Waals surface area (Å²) >= 11 is 1.52. The lowest BCUT2D eigenvalue weighted by Gasteiger charge is -2.17. The van der Waals surface area contributed by atoms with E-state index in [1.807, 2.05) is 0 Å². The summed E-state index contributed by atoms with van der Waals surface area (Å²) in [5.74, 6) is -0.283. The van der Waals surface area contributed by atoms with E-state index in [1.165, 1.54) is 17.5 Å². The SMILES string of the molecule is CCCNC(c1cncs1)c1ccncc1F. The van der Waals surface area contributed by atoms with Crippen molar-refractivity contribution < 1.29 is 4.39 Å². The normalized spacial score (nSPS) is 12.6. The second-order valence-corrected chi connectivity index (χ2v) is 4.61. The number of nitrogens with one attached hydrogen (secondary N) is 1. The molecule has 0 aliphatic carbocycles. The van der Waals surface area contributed by atoms with Gasteiger partial charge in [0.15, 0.2) is 0 Å². The Hall–Kier alpha value is -1.33. The molecule has 0 saturated heterocycles. The fraction of sp³-hybridized carbons (Fsp3) is 0.333. The Morgan fingerprint density at radius 1 is 1.41 bits per heavy atom. The molecule has 1 unspecified atom stereocenters. The van der Waals surface area contributed by atoms with E-state index in [4.69, 9.17) is 0 Å². The van der Waals surface area contributed by atoms with Crippen LogP contribution in [-0.4, -0.2) is 16.5 Å². The summed E-state index contributed by atoms with van der Waals surface area (Å²) in [4.78, 5) is 8.84. The van der Waals surface area contributed by atoms with Crippen LogP contribution in [0.1, 0.15) is 29.8 Å². The van der Waals surface area contributed by atoms with Crippen molar-refractivity contribution in [2.75, 3.05) is 6.54 Å². The highest BCUT2D eigenvalue weighted by atomic mass is 32.1. The highest BCUT2D eigenvalue weighted by molar-refractivity contribution is 7.09. The quantitative estimate of drug-likeness (QED) is 0.888. The van der Waals surface area contributed by atoms with Crippen molar-refractivity contribution in [2.24, 2.45) is 0 Å². The third-order valence-corrected chi connectivity index (χ3v) is 3.29. The zero-order valence-corrected chi connectivity index (χ0v) is 10.4. The first-order chi connectivity index (χ1) is 8.33. The van der Waals surface area contributed by atoms with E-state index in [-0.39, 0.29) is 11.9 Å². The molecule has 0 radical (unpaired) electrons. The molecular formula is C12H14FN3S. The van der Waals surface area contributed by atoms with Gasteiger partial charge >= 0.3 is 0 Å². The predicted octanol–water partition coefficient (Wildman–Crippen LogP) is 2.77. The molecule has 90 valence electrons. The van der Waals surface area contributed by atoms with Crippen molar-refractivity contribution in [3.63, 3.8) is 0 Å². The van der Waals surface area contributed by atoms with Gasteiger partial charge in [0, 0.05) is 22.8 Å². The summed E-state index contributed by atoms with van der Waals surface area (Å²) in [5.41, 5.74) is 2.38. The molecule has 0 fully saturated rings. The van der Waals surface area contributed by atoms with Crippen molar-refractivity contribution in [1.82, 2.24) is 15.3 Å². The largest absolute Gasteiger partial charge is 0.305 e. The maximum absolute atomic E-state index is 13.7. The third-order valence-electron chi connectivity index (χ3n) is 2.45. The summed E-state index contributed by atoms with van der Waals surface area (Å²) in [6.07, 6.45) is 5.64. The van der Waals surface area contributed by atoms with Crippen LogP contribution < -0.4 is 5.32 Å². The predicted molar refractivity (Wildman–Crippen MR) is 66.4 cm³/mol. The Bertz CT molecular complexity index is 459. The molecule has 2 aromatic rings. The van der Waals surface area contributed by atoms with Gasteiger partial charge in [0.2, 0.25) is 0 Å². The van der Waals surface area contributed by atoms with E-state index in [9.17, 15) is 4.39 Å². The first-order valence-electron chi connectivity index (χ1n) is 5.54. The lowest BCUT2D eigenvalue weighted by Crippen LogP contribution is -2.23. The summed E-state index contributed by atoms with van der Waals surface area (Å²) in [5, 5.41) is 3.33. The number of nitrogens with zero attached hydrogens (tertiary/aromatic N) is 2. The molecule has 1 atom stereocenters. The number of hydrogen-bond donors (Lipinski definition) is 1. The summed E-state index contributed by atoms with van der Waals surface area (Å²) in [6.45, 7) is 2.92. The van der Waals surface area contributed by atoms with E-state index >= 15 is 0 Å². The van der Waals surface area contributed by atoms with Crippen LogP contribution in [0.25, 0.3) is 0 Å². The molecule has 3 nitrogen and oxygen atoms in total. The average molecular weight is 251 g/mol. The highest BCUT2D eigenvalue weighted by Crippen LogP contribution is 2.26. The number of rotatable bonds is 5. The third kappa shape index (κ3) is 2.87. The van der Waals surface area contributed by atoms with Crippen LogP contribution in [0, 0.1) is 5.82 Å². The van der Waals surface area contributed by atoms with Gasteiger partial charge in [0.25, 0.3) is 0 Å². The first kappa shape index (κ1) is 12.1. The Morgan fingerprint density at radius 2 is 2.29 bits per heavy atom. The number of halogens is 1. The minimum Gasteiger partial charge on any atom is -0.305 e. The molecule has 17 heavy (non-hydrogen) atoms. The van der Waals surface area contributed by atoms with Crippen LogP contribution in [0.15, 0.2) is 30.2 Å². The number of pyridine rings is 1. The molecule has 0 saturated carbocycles. The van der Waals surface area contributed by atoms with Crippen molar-refractivity contribution in [2.45, 2.75) is 19.4 Å². The van der Waals surface area contributed by atoms with Gasteiger partial charge < -0.3 is 5.32 Å². The van der Waals surface area contributed by atoms with Gasteiger partial charge in [-0.2, -0.15) is 0 Å². The molecule has 0 bridgehead atoms. The standard InChI is InChI=1S/C12H14FN3S/c1-2-4-16-12(11-7-15-8-17-11)9-3-5-14-6-10(9)13/h3,5-8,12,16H,2,4H2,1H3. The van der Waals surface area contributed by atoms with Crippen molar-refractivity contribution in [3.8, 4) is 0 Å². The summed E-state index contributed by atoms with van der Waals surface area (Å²) in [6, 6.07) is 1.58. The van der Waals surface area contributed by atoms with Gasteiger partial charge in [-0.1, -0.05) is 6.92 Å². The van der Waals surface area contributed by atoms with Gasteiger partial charge in [-0.3, -0.25) is 9.97 Å². The molecule has 0 aliphatic heterocycles. The summed E-state index contributed by atoms with van der Waals surface area (Å²) < 4.78 is 13.7. The summed E-state index contributed by atoms with van der Waals surface area (Å²) in [7, 11) is 0. The molecule has 2 rings (SSSR count). The maximum Gasteiger partial charge on any atom is 0.146 e. The second kappa shape index (κ2) is 5.84. The molecule has 0 amide bonds. The van der Waals surface area contributed by atoms with Gasteiger partial charge in [0.1, 0.15) is 5.82 Å². The van der Waals surface area contributed by atoms with Gasteiger partial charge in [-0.05, 0) is 19.0 Å². The number of thiazole rings is 1. The van der Waals surface area contributed by atoms with Crippen LogP contribution in [0.5, 0.6) is 0 Å². The maximum atomic E-state index is 13.7. The van der Waals surface area contributed by atoms with Crippen LogP contribution in [0.2, 0.25) is 0 Å². The van der Waals surface area contributed by atoms with Crippen LogP contribution in [0.3, 0.4) is 0 Å². The van der Waals surface area contributed by atoms with Crippen molar-refractivity contribution in [3.05, 3.63) is 46.4 Å². The zero-order chi connectivity index (χ0) is 12.1. The second-order valence-electron chi connectivity index (χ2n) is 3.69. The molecule has 2 heterocycles. The number of aromatic nitrogens is 2. The number of hydrogen-bond acceptors (Lipinski definition) is 4. The minimum absolute atomic E-state index is 0.134. The lowest BCUT2D eigenvalue weighted by atomic mass is 10.1. The Morgan fingerprint density at radius 3 is 2.94 bits per heavy atom. The van der Waals surface area contributed by atoms with Crippen LogP contribution in [-0.2, 0) is 0 Å². The molecule has 0 aromatic carbocycles. The monoisotopic (exact) mass is 251 g/mol. The Kier molecular flexibility index (Phi) is 4.17. The highest BCUT2D eigenvalue weighted by Gasteiger charge is 2.18. The fourth-order valence-corrected chi connectivity index (χ4v) is 2.35. The van der Waals surface area contributed by atoms with E-state index in [1.54, 1.807) is 24.0 Å². The van der Waals surface area contributed by atoms with Gasteiger partial charge in [-0.15, -0.1) is 11.3 Å². The van der Waals surface area contributed by atoms with E-state index < -0.39 is 0 Å². The van der Waals surface area contributed by atoms with Crippen LogP contribution >= 0.6 is 11.3 Å². The smallest absolute Gasteiger partial charge is 0.146 e. The molecule has 2 aromatic heterocycles. The van der Waals surface area contributed by atoms with Crippen molar-refractivity contribution >= 4 is 11.3 Å². The first-order valence-corrected chi connectivity index (χ1v) is 6.42. The minimum atomic E-state index is -0.283. The molecule has 5 heteroatoms. The Labute approximate surface area is 104 Å². The topological polar surface area (TPSA) is 37.8 Å². The fourth-order valence-electron chi connectivity index (χ4n) is 1.64.